The minimum absolute atomic E-state index is 0.112. The van der Waals surface area contributed by atoms with Crippen molar-refractivity contribution in [1.82, 2.24) is 10.2 Å². The number of likely N-dealkylation sites (N-methyl/N-ethyl adjacent to an activating group) is 1. The van der Waals surface area contributed by atoms with Gasteiger partial charge in [-0.15, -0.1) is 11.8 Å². The highest BCUT2D eigenvalue weighted by atomic mass is 35.5. The number of nitrogens with zero attached hydrogens (tertiary/aromatic N) is 1. The van der Waals surface area contributed by atoms with E-state index in [2.05, 4.69) is 5.32 Å². The zero-order chi connectivity index (χ0) is 24.3. The molecule has 4 nitrogen and oxygen atoms in total. The minimum Gasteiger partial charge on any atom is -0.355 e. The molecule has 0 unspecified atom stereocenters. The van der Waals surface area contributed by atoms with Crippen LogP contribution in [-0.2, 0) is 28.3 Å². The van der Waals surface area contributed by atoms with E-state index in [9.17, 15) is 9.59 Å². The normalized spacial score (nSPS) is 11.6. The lowest BCUT2D eigenvalue weighted by Gasteiger charge is -2.31. The van der Waals surface area contributed by atoms with Crippen LogP contribution < -0.4 is 5.32 Å². The van der Waals surface area contributed by atoms with Gasteiger partial charge in [0.1, 0.15) is 6.04 Å². The number of rotatable bonds is 11. The van der Waals surface area contributed by atoms with Gasteiger partial charge in [-0.25, -0.2) is 0 Å². The molecule has 7 heteroatoms. The summed E-state index contributed by atoms with van der Waals surface area (Å²) >= 11 is 14.0. The second-order valence-corrected chi connectivity index (χ2v) is 9.67. The molecule has 0 aliphatic heterocycles. The quantitative estimate of drug-likeness (QED) is 0.341. The van der Waals surface area contributed by atoms with Gasteiger partial charge in [-0.1, -0.05) is 89.9 Å². The summed E-state index contributed by atoms with van der Waals surface area (Å²) in [6, 6.07) is 24.3. The number of nitrogens with one attached hydrogen (secondary N) is 1. The molecule has 0 bridgehead atoms. The van der Waals surface area contributed by atoms with Crippen molar-refractivity contribution >= 4 is 46.8 Å². The maximum atomic E-state index is 13.5. The molecule has 0 aliphatic carbocycles. The molecule has 0 saturated heterocycles. The van der Waals surface area contributed by atoms with Crippen LogP contribution in [-0.4, -0.2) is 35.1 Å². The van der Waals surface area contributed by atoms with Crippen LogP contribution in [0.5, 0.6) is 0 Å². The number of thioether (sulfide) groups is 1. The van der Waals surface area contributed by atoms with Gasteiger partial charge in [-0.2, -0.15) is 0 Å². The number of hydrogen-bond donors (Lipinski definition) is 1. The van der Waals surface area contributed by atoms with Crippen LogP contribution in [0.1, 0.15) is 23.6 Å². The molecular weight excluding hydrogens is 487 g/mol. The third-order valence-electron chi connectivity index (χ3n) is 5.31. The highest BCUT2D eigenvalue weighted by Gasteiger charge is 2.30. The number of amides is 2. The van der Waals surface area contributed by atoms with Gasteiger partial charge in [-0.05, 0) is 35.7 Å². The van der Waals surface area contributed by atoms with E-state index in [4.69, 9.17) is 23.2 Å². The van der Waals surface area contributed by atoms with Crippen molar-refractivity contribution in [3.8, 4) is 0 Å². The van der Waals surface area contributed by atoms with Gasteiger partial charge in [-0.3, -0.25) is 9.59 Å². The third-order valence-corrected chi connectivity index (χ3v) is 6.89. The standard InChI is InChI=1S/C27H28Cl2N2O2S/c1-2-30-27(33)25(15-20-9-5-3-6-10-20)31(17-22-13-14-23(28)16-24(22)29)26(32)19-34-18-21-11-7-4-8-12-21/h3-14,16,25H,2,15,17-19H2,1H3,(H,30,33)/t25-/m1/s1. The molecule has 1 atom stereocenters. The molecule has 3 aromatic carbocycles. The molecule has 3 rings (SSSR count). The summed E-state index contributed by atoms with van der Waals surface area (Å²) in [6.07, 6.45) is 0.410. The Morgan fingerprint density at radius 1 is 0.941 bits per heavy atom. The van der Waals surface area contributed by atoms with E-state index >= 15 is 0 Å². The summed E-state index contributed by atoms with van der Waals surface area (Å²) in [5, 5.41) is 3.89. The van der Waals surface area contributed by atoms with E-state index in [1.807, 2.05) is 67.6 Å². The fourth-order valence-electron chi connectivity index (χ4n) is 3.59. The number of halogens is 2. The average molecular weight is 516 g/mol. The molecule has 2 amide bonds. The predicted molar refractivity (Wildman–Crippen MR) is 142 cm³/mol. The van der Waals surface area contributed by atoms with Gasteiger partial charge >= 0.3 is 0 Å². The van der Waals surface area contributed by atoms with E-state index in [1.54, 1.807) is 23.1 Å². The van der Waals surface area contributed by atoms with E-state index < -0.39 is 6.04 Å². The van der Waals surface area contributed by atoms with Gasteiger partial charge in [0.15, 0.2) is 0 Å². The average Bonchev–Trinajstić information content (AvgIpc) is 2.84. The van der Waals surface area contributed by atoms with Gasteiger partial charge in [0.2, 0.25) is 11.8 Å². The summed E-state index contributed by atoms with van der Waals surface area (Å²) in [7, 11) is 0. The van der Waals surface area contributed by atoms with Crippen molar-refractivity contribution in [2.24, 2.45) is 0 Å². The molecule has 1 N–H and O–H groups in total. The van der Waals surface area contributed by atoms with Crippen LogP contribution in [0.15, 0.2) is 78.9 Å². The Labute approximate surface area is 215 Å². The maximum Gasteiger partial charge on any atom is 0.243 e. The van der Waals surface area contributed by atoms with E-state index in [0.717, 1.165) is 16.7 Å². The second kappa shape index (κ2) is 13.4. The zero-order valence-corrected chi connectivity index (χ0v) is 21.4. The molecule has 178 valence electrons. The SMILES string of the molecule is CCNC(=O)[C@@H](Cc1ccccc1)N(Cc1ccc(Cl)cc1Cl)C(=O)CSCc1ccccc1. The van der Waals surface area contributed by atoms with Crippen molar-refractivity contribution < 1.29 is 9.59 Å². The first kappa shape index (κ1) is 26.1. The monoisotopic (exact) mass is 514 g/mol. The van der Waals surface area contributed by atoms with Crippen molar-refractivity contribution in [2.75, 3.05) is 12.3 Å². The third kappa shape index (κ3) is 7.79. The molecule has 0 saturated carbocycles. The fourth-order valence-corrected chi connectivity index (χ4v) is 4.93. The lowest BCUT2D eigenvalue weighted by molar-refractivity contribution is -0.139. The summed E-state index contributed by atoms with van der Waals surface area (Å²) in [6.45, 7) is 2.57. The molecule has 0 radical (unpaired) electrons. The summed E-state index contributed by atoms with van der Waals surface area (Å²) < 4.78 is 0. The van der Waals surface area contributed by atoms with Crippen molar-refractivity contribution in [2.45, 2.75) is 31.7 Å². The summed E-state index contributed by atoms with van der Waals surface area (Å²) in [4.78, 5) is 28.3. The first-order valence-corrected chi connectivity index (χ1v) is 13.1. The Morgan fingerprint density at radius 2 is 1.59 bits per heavy atom. The Balaban J connectivity index is 1.86. The highest BCUT2D eigenvalue weighted by Crippen LogP contribution is 2.25. The Morgan fingerprint density at radius 3 is 2.21 bits per heavy atom. The summed E-state index contributed by atoms with van der Waals surface area (Å²) in [5.74, 6) is 0.675. The molecule has 0 heterocycles. The van der Waals surface area contributed by atoms with Crippen LogP contribution in [0.4, 0.5) is 0 Å². The number of carbonyl (C=O) groups excluding carboxylic acids is 2. The maximum absolute atomic E-state index is 13.5. The lowest BCUT2D eigenvalue weighted by Crippen LogP contribution is -2.51. The molecule has 3 aromatic rings. The van der Waals surface area contributed by atoms with Crippen LogP contribution in [0.25, 0.3) is 0 Å². The molecule has 0 aromatic heterocycles. The topological polar surface area (TPSA) is 49.4 Å². The zero-order valence-electron chi connectivity index (χ0n) is 19.0. The van der Waals surface area contributed by atoms with Crippen molar-refractivity contribution in [3.63, 3.8) is 0 Å². The Hall–Kier alpha value is -2.47. The van der Waals surface area contributed by atoms with E-state index in [-0.39, 0.29) is 24.1 Å². The molecule has 0 aliphatic rings. The van der Waals surface area contributed by atoms with Crippen LogP contribution >= 0.6 is 35.0 Å². The van der Waals surface area contributed by atoms with E-state index in [1.165, 1.54) is 11.8 Å². The molecular formula is C27H28Cl2N2O2S. The number of benzene rings is 3. The van der Waals surface area contributed by atoms with Gasteiger partial charge in [0.05, 0.1) is 5.75 Å². The van der Waals surface area contributed by atoms with Crippen LogP contribution in [0.2, 0.25) is 10.0 Å². The van der Waals surface area contributed by atoms with Gasteiger partial charge < -0.3 is 10.2 Å². The Kier molecular flexibility index (Phi) is 10.3. The van der Waals surface area contributed by atoms with Crippen LogP contribution in [0, 0.1) is 0 Å². The fraction of sp³-hybridized carbons (Fsp3) is 0.259. The smallest absolute Gasteiger partial charge is 0.243 e. The lowest BCUT2D eigenvalue weighted by atomic mass is 10.0. The first-order valence-electron chi connectivity index (χ1n) is 11.1. The number of hydrogen-bond acceptors (Lipinski definition) is 3. The van der Waals surface area contributed by atoms with E-state index in [0.29, 0.717) is 28.8 Å². The second-order valence-electron chi connectivity index (χ2n) is 7.84. The molecule has 0 spiro atoms. The summed E-state index contributed by atoms with van der Waals surface area (Å²) in [5.41, 5.74) is 2.88. The minimum atomic E-state index is -0.668. The van der Waals surface area contributed by atoms with Crippen molar-refractivity contribution in [1.29, 1.82) is 0 Å². The van der Waals surface area contributed by atoms with Crippen LogP contribution in [0.3, 0.4) is 0 Å². The molecule has 34 heavy (non-hydrogen) atoms. The molecule has 0 fully saturated rings. The largest absolute Gasteiger partial charge is 0.355 e. The number of carbonyl (C=O) groups is 2. The van der Waals surface area contributed by atoms with Gasteiger partial charge in [0, 0.05) is 35.3 Å². The highest BCUT2D eigenvalue weighted by molar-refractivity contribution is 7.99. The first-order chi connectivity index (χ1) is 16.5. The van der Waals surface area contributed by atoms with Crippen molar-refractivity contribution in [3.05, 3.63) is 106 Å². The predicted octanol–water partition coefficient (Wildman–Crippen LogP) is 6.00. The Bertz CT molecular complexity index is 1080. The van der Waals surface area contributed by atoms with Gasteiger partial charge in [0.25, 0.3) is 0 Å².